The van der Waals surface area contributed by atoms with Crippen molar-refractivity contribution in [3.8, 4) is 5.75 Å². The van der Waals surface area contributed by atoms with Gasteiger partial charge < -0.3 is 15.4 Å². The first-order valence-corrected chi connectivity index (χ1v) is 7.11. The van der Waals surface area contributed by atoms with Crippen molar-refractivity contribution in [3.05, 3.63) is 23.2 Å². The topological polar surface area (TPSA) is 67.4 Å². The van der Waals surface area contributed by atoms with Gasteiger partial charge in [0.15, 0.2) is 0 Å². The van der Waals surface area contributed by atoms with Gasteiger partial charge in [-0.15, -0.1) is 0 Å². The highest BCUT2D eigenvalue weighted by molar-refractivity contribution is 9.09. The van der Waals surface area contributed by atoms with Crippen LogP contribution in [0.1, 0.15) is 6.92 Å². The smallest absolute Gasteiger partial charge is 0.278 e. The molecular formula is C12H12BrClN2O3. The third-order valence-electron chi connectivity index (χ3n) is 2.75. The molecule has 1 atom stereocenters. The van der Waals surface area contributed by atoms with Gasteiger partial charge in [0.25, 0.3) is 17.4 Å². The number of carbonyl (C=O) groups excluding carboxylic acids is 2. The number of hydrogen-bond acceptors (Lipinski definition) is 3. The molecule has 0 radical (unpaired) electrons. The van der Waals surface area contributed by atoms with Crippen LogP contribution < -0.4 is 15.4 Å². The Balaban J connectivity index is 2.27. The van der Waals surface area contributed by atoms with Crippen molar-refractivity contribution in [1.82, 2.24) is 5.32 Å². The Morgan fingerprint density at radius 1 is 1.58 bits per heavy atom. The largest absolute Gasteiger partial charge is 0.466 e. The molecule has 102 valence electrons. The van der Waals surface area contributed by atoms with Gasteiger partial charge in [-0.25, -0.2) is 0 Å². The van der Waals surface area contributed by atoms with Crippen molar-refractivity contribution < 1.29 is 14.3 Å². The number of hydrogen-bond donors (Lipinski definition) is 2. The summed E-state index contributed by atoms with van der Waals surface area (Å²) in [5, 5.41) is 6.33. The quantitative estimate of drug-likeness (QED) is 0.648. The summed E-state index contributed by atoms with van der Waals surface area (Å²) >= 11 is 9.03. The van der Waals surface area contributed by atoms with Gasteiger partial charge >= 0.3 is 0 Å². The maximum absolute atomic E-state index is 12.0. The van der Waals surface area contributed by atoms with Gasteiger partial charge in [-0.3, -0.25) is 9.59 Å². The van der Waals surface area contributed by atoms with Crippen LogP contribution in [-0.2, 0) is 9.59 Å². The molecule has 1 heterocycles. The molecule has 5 nitrogen and oxygen atoms in total. The summed E-state index contributed by atoms with van der Waals surface area (Å²) < 4.78 is 5.55. The fourth-order valence-corrected chi connectivity index (χ4v) is 2.05. The fraction of sp³-hybridized carbons (Fsp3) is 0.333. The minimum Gasteiger partial charge on any atom is -0.466 e. The van der Waals surface area contributed by atoms with E-state index in [0.29, 0.717) is 28.3 Å². The first-order valence-electron chi connectivity index (χ1n) is 5.61. The zero-order chi connectivity index (χ0) is 14.0. The standard InChI is InChI=1S/C12H12BrClN2O3/c1-12(10(17)15-5-4-13)11(18)16-8-6-7(14)2-3-9(8)19-12/h2-3,6H,4-5H2,1H3,(H,15,17)(H,16,18). The molecule has 7 heteroatoms. The summed E-state index contributed by atoms with van der Waals surface area (Å²) in [6.45, 7) is 1.85. The van der Waals surface area contributed by atoms with Gasteiger partial charge in [0.2, 0.25) is 0 Å². The van der Waals surface area contributed by atoms with E-state index in [4.69, 9.17) is 16.3 Å². The summed E-state index contributed by atoms with van der Waals surface area (Å²) in [6, 6.07) is 4.83. The predicted molar refractivity (Wildman–Crippen MR) is 75.9 cm³/mol. The molecule has 0 spiro atoms. The average molecular weight is 348 g/mol. The van der Waals surface area contributed by atoms with E-state index >= 15 is 0 Å². The summed E-state index contributed by atoms with van der Waals surface area (Å²) in [5.41, 5.74) is -1.12. The van der Waals surface area contributed by atoms with E-state index in [0.717, 1.165) is 0 Å². The molecule has 2 amide bonds. The molecular weight excluding hydrogens is 336 g/mol. The molecule has 0 fully saturated rings. The Bertz CT molecular complexity index is 538. The Morgan fingerprint density at radius 3 is 3.00 bits per heavy atom. The van der Waals surface area contributed by atoms with Crippen molar-refractivity contribution in [3.63, 3.8) is 0 Å². The van der Waals surface area contributed by atoms with Crippen molar-refractivity contribution in [1.29, 1.82) is 0 Å². The SMILES string of the molecule is CC1(C(=O)NCCBr)Oc2ccc(Cl)cc2NC1=O. The molecule has 2 rings (SSSR count). The van der Waals surface area contributed by atoms with Gasteiger partial charge in [0.05, 0.1) is 5.69 Å². The number of carbonyl (C=O) groups is 2. The van der Waals surface area contributed by atoms with Crippen LogP contribution in [-0.4, -0.2) is 29.3 Å². The van der Waals surface area contributed by atoms with E-state index in [2.05, 4.69) is 26.6 Å². The lowest BCUT2D eigenvalue weighted by Crippen LogP contribution is -2.58. The van der Waals surface area contributed by atoms with Crippen LogP contribution in [0.2, 0.25) is 5.02 Å². The van der Waals surface area contributed by atoms with Crippen LogP contribution in [0.15, 0.2) is 18.2 Å². The van der Waals surface area contributed by atoms with E-state index in [1.54, 1.807) is 18.2 Å². The number of amides is 2. The van der Waals surface area contributed by atoms with Crippen LogP contribution in [0.3, 0.4) is 0 Å². The third-order valence-corrected chi connectivity index (χ3v) is 3.38. The number of anilines is 1. The summed E-state index contributed by atoms with van der Waals surface area (Å²) in [7, 11) is 0. The third kappa shape index (κ3) is 2.69. The van der Waals surface area contributed by atoms with Crippen LogP contribution in [0.25, 0.3) is 0 Å². The number of nitrogens with one attached hydrogen (secondary N) is 2. The van der Waals surface area contributed by atoms with Crippen molar-refractivity contribution in [2.45, 2.75) is 12.5 Å². The summed E-state index contributed by atoms with van der Waals surface area (Å²) in [5.74, 6) is -0.583. The average Bonchev–Trinajstić information content (AvgIpc) is 2.37. The molecule has 19 heavy (non-hydrogen) atoms. The van der Waals surface area contributed by atoms with E-state index in [1.807, 2.05) is 0 Å². The van der Waals surface area contributed by atoms with Crippen LogP contribution in [0, 0.1) is 0 Å². The Hall–Kier alpha value is -1.27. The highest BCUT2D eigenvalue weighted by Gasteiger charge is 2.47. The Labute approximate surface area is 123 Å². The monoisotopic (exact) mass is 346 g/mol. The fourth-order valence-electron chi connectivity index (χ4n) is 1.68. The molecule has 1 aromatic rings. The minimum atomic E-state index is -1.58. The van der Waals surface area contributed by atoms with Gasteiger partial charge in [-0.05, 0) is 25.1 Å². The van der Waals surface area contributed by atoms with Gasteiger partial charge in [-0.2, -0.15) is 0 Å². The lowest BCUT2D eigenvalue weighted by atomic mass is 10.0. The zero-order valence-electron chi connectivity index (χ0n) is 10.1. The molecule has 2 N–H and O–H groups in total. The molecule has 0 aliphatic carbocycles. The first-order chi connectivity index (χ1) is 8.97. The molecule has 0 aromatic heterocycles. The van der Waals surface area contributed by atoms with Crippen LogP contribution >= 0.6 is 27.5 Å². The minimum absolute atomic E-state index is 0.415. The van der Waals surface area contributed by atoms with Crippen molar-refractivity contribution >= 4 is 45.0 Å². The molecule has 0 saturated heterocycles. The zero-order valence-corrected chi connectivity index (χ0v) is 12.5. The number of alkyl halides is 1. The number of benzene rings is 1. The first kappa shape index (κ1) is 14.1. The highest BCUT2D eigenvalue weighted by atomic mass is 79.9. The Kier molecular flexibility index (Phi) is 4.01. The number of rotatable bonds is 3. The van der Waals surface area contributed by atoms with E-state index in [9.17, 15) is 9.59 Å². The molecule has 1 aromatic carbocycles. The van der Waals surface area contributed by atoms with Crippen LogP contribution in [0.4, 0.5) is 5.69 Å². The summed E-state index contributed by atoms with van der Waals surface area (Å²) in [6.07, 6.45) is 0. The molecule has 0 bridgehead atoms. The second-order valence-electron chi connectivity index (χ2n) is 4.17. The number of fused-ring (bicyclic) bond motifs is 1. The number of ether oxygens (including phenoxy) is 1. The lowest BCUT2D eigenvalue weighted by Gasteiger charge is -2.33. The predicted octanol–water partition coefficient (Wildman–Crippen LogP) is 1.94. The molecule has 1 aliphatic heterocycles. The molecule has 0 saturated carbocycles. The van der Waals surface area contributed by atoms with E-state index in [1.165, 1.54) is 6.92 Å². The van der Waals surface area contributed by atoms with Gasteiger partial charge in [0, 0.05) is 16.9 Å². The van der Waals surface area contributed by atoms with Gasteiger partial charge in [0.1, 0.15) is 5.75 Å². The maximum atomic E-state index is 12.0. The second kappa shape index (κ2) is 5.38. The molecule has 1 aliphatic rings. The lowest BCUT2D eigenvalue weighted by molar-refractivity contribution is -0.146. The summed E-state index contributed by atoms with van der Waals surface area (Å²) in [4.78, 5) is 24.1. The van der Waals surface area contributed by atoms with Crippen molar-refractivity contribution in [2.24, 2.45) is 0 Å². The second-order valence-corrected chi connectivity index (χ2v) is 5.40. The normalized spacial score (nSPS) is 21.1. The van der Waals surface area contributed by atoms with Crippen molar-refractivity contribution in [2.75, 3.05) is 17.2 Å². The molecule has 1 unspecified atom stereocenters. The number of halogens is 2. The van der Waals surface area contributed by atoms with Gasteiger partial charge in [-0.1, -0.05) is 27.5 Å². The maximum Gasteiger partial charge on any atom is 0.278 e. The van der Waals surface area contributed by atoms with Crippen LogP contribution in [0.5, 0.6) is 5.75 Å². The Morgan fingerprint density at radius 2 is 2.32 bits per heavy atom. The van der Waals surface area contributed by atoms with E-state index in [-0.39, 0.29) is 0 Å². The highest BCUT2D eigenvalue weighted by Crippen LogP contribution is 2.35. The van der Waals surface area contributed by atoms with E-state index < -0.39 is 17.4 Å².